The maximum absolute atomic E-state index is 5.95. The second-order valence-corrected chi connectivity index (χ2v) is 5.60. The molecule has 0 bridgehead atoms. The topological polar surface area (TPSA) is 16.1 Å². The Kier molecular flexibility index (Phi) is 5.02. The van der Waals surface area contributed by atoms with Crippen LogP contribution < -0.4 is 0 Å². The van der Waals surface area contributed by atoms with Crippen molar-refractivity contribution in [1.82, 2.24) is 9.88 Å². The third-order valence-electron chi connectivity index (χ3n) is 3.86. The molecule has 0 saturated carbocycles. The quantitative estimate of drug-likeness (QED) is 0.753. The molecule has 3 heteroatoms. The summed E-state index contributed by atoms with van der Waals surface area (Å²) >= 11 is 5.95. The standard InChI is InChI=1S/C15H23ClN2/c1-3-4-10-18-11-6-5-7-14(18)13-8-9-15(16)17-12(13)2/h8-9,14H,3-7,10-11H2,1-2H3/t14-/m1/s1. The van der Waals surface area contributed by atoms with Crippen LogP contribution in [0.3, 0.4) is 0 Å². The van der Waals surface area contributed by atoms with Crippen molar-refractivity contribution in [3.8, 4) is 0 Å². The Morgan fingerprint density at radius 1 is 1.39 bits per heavy atom. The monoisotopic (exact) mass is 266 g/mol. The predicted octanol–water partition coefficient (Wildman–Crippen LogP) is 4.37. The van der Waals surface area contributed by atoms with E-state index < -0.39 is 0 Å². The highest BCUT2D eigenvalue weighted by Crippen LogP contribution is 2.32. The molecule has 2 heterocycles. The summed E-state index contributed by atoms with van der Waals surface area (Å²) in [5.74, 6) is 0. The van der Waals surface area contributed by atoms with Crippen LogP contribution in [0.1, 0.15) is 56.3 Å². The molecule has 2 nitrogen and oxygen atoms in total. The molecule has 0 aromatic carbocycles. The fraction of sp³-hybridized carbons (Fsp3) is 0.667. The van der Waals surface area contributed by atoms with E-state index in [9.17, 15) is 0 Å². The van der Waals surface area contributed by atoms with Crippen molar-refractivity contribution in [2.75, 3.05) is 13.1 Å². The van der Waals surface area contributed by atoms with Crippen LogP contribution in [0.4, 0.5) is 0 Å². The van der Waals surface area contributed by atoms with Gasteiger partial charge in [-0.3, -0.25) is 4.90 Å². The van der Waals surface area contributed by atoms with Crippen molar-refractivity contribution >= 4 is 11.6 Å². The van der Waals surface area contributed by atoms with Crippen LogP contribution in [-0.2, 0) is 0 Å². The second kappa shape index (κ2) is 6.53. The van der Waals surface area contributed by atoms with Crippen LogP contribution in [0.15, 0.2) is 12.1 Å². The summed E-state index contributed by atoms with van der Waals surface area (Å²) in [6.07, 6.45) is 6.47. The van der Waals surface area contributed by atoms with Gasteiger partial charge in [0.2, 0.25) is 0 Å². The van der Waals surface area contributed by atoms with E-state index in [1.807, 2.05) is 6.07 Å². The molecule has 0 spiro atoms. The zero-order valence-electron chi connectivity index (χ0n) is 11.5. The Morgan fingerprint density at radius 2 is 2.22 bits per heavy atom. The first-order valence-corrected chi connectivity index (χ1v) is 7.47. The van der Waals surface area contributed by atoms with Crippen molar-refractivity contribution < 1.29 is 0 Å². The smallest absolute Gasteiger partial charge is 0.129 e. The van der Waals surface area contributed by atoms with Gasteiger partial charge in [-0.2, -0.15) is 0 Å². The summed E-state index contributed by atoms with van der Waals surface area (Å²) in [4.78, 5) is 7.03. The van der Waals surface area contributed by atoms with Gasteiger partial charge in [0, 0.05) is 11.7 Å². The van der Waals surface area contributed by atoms with Gasteiger partial charge in [-0.1, -0.05) is 37.4 Å². The minimum Gasteiger partial charge on any atom is -0.296 e. The lowest BCUT2D eigenvalue weighted by molar-refractivity contribution is 0.146. The third kappa shape index (κ3) is 3.24. The number of hydrogen-bond acceptors (Lipinski definition) is 2. The second-order valence-electron chi connectivity index (χ2n) is 5.21. The fourth-order valence-corrected chi connectivity index (χ4v) is 3.06. The van der Waals surface area contributed by atoms with Crippen LogP contribution >= 0.6 is 11.6 Å². The molecular weight excluding hydrogens is 244 g/mol. The van der Waals surface area contributed by atoms with Gasteiger partial charge in [0.15, 0.2) is 0 Å². The summed E-state index contributed by atoms with van der Waals surface area (Å²) < 4.78 is 0. The van der Waals surface area contributed by atoms with Gasteiger partial charge < -0.3 is 0 Å². The Labute approximate surface area is 115 Å². The molecule has 1 fully saturated rings. The van der Waals surface area contributed by atoms with E-state index in [-0.39, 0.29) is 0 Å². The lowest BCUT2D eigenvalue weighted by Crippen LogP contribution is -2.34. The first kappa shape index (κ1) is 13.8. The molecule has 1 atom stereocenters. The van der Waals surface area contributed by atoms with E-state index in [0.717, 1.165) is 5.69 Å². The molecule has 0 aliphatic carbocycles. The highest BCUT2D eigenvalue weighted by Gasteiger charge is 2.24. The van der Waals surface area contributed by atoms with Gasteiger partial charge in [-0.25, -0.2) is 4.98 Å². The third-order valence-corrected chi connectivity index (χ3v) is 4.07. The van der Waals surface area contributed by atoms with Crippen molar-refractivity contribution in [2.45, 2.75) is 52.0 Å². The molecule has 2 rings (SSSR count). The minimum atomic E-state index is 0.551. The molecule has 1 aliphatic rings. The lowest BCUT2D eigenvalue weighted by atomic mass is 9.94. The maximum Gasteiger partial charge on any atom is 0.129 e. The largest absolute Gasteiger partial charge is 0.296 e. The molecule has 1 aliphatic heterocycles. The highest BCUT2D eigenvalue weighted by atomic mass is 35.5. The van der Waals surface area contributed by atoms with E-state index in [1.54, 1.807) is 0 Å². The predicted molar refractivity (Wildman–Crippen MR) is 77.1 cm³/mol. The van der Waals surface area contributed by atoms with Gasteiger partial charge in [-0.15, -0.1) is 0 Å². The number of hydrogen-bond donors (Lipinski definition) is 0. The molecule has 0 unspecified atom stereocenters. The van der Waals surface area contributed by atoms with Crippen LogP contribution in [0.5, 0.6) is 0 Å². The molecule has 100 valence electrons. The number of likely N-dealkylation sites (tertiary alicyclic amines) is 1. The van der Waals surface area contributed by atoms with E-state index in [4.69, 9.17) is 11.6 Å². The van der Waals surface area contributed by atoms with Gasteiger partial charge in [0.25, 0.3) is 0 Å². The Morgan fingerprint density at radius 3 is 2.94 bits per heavy atom. The summed E-state index contributed by atoms with van der Waals surface area (Å²) in [6, 6.07) is 4.64. The normalized spacial score (nSPS) is 21.2. The average Bonchev–Trinajstić information content (AvgIpc) is 2.37. The maximum atomic E-state index is 5.95. The van der Waals surface area contributed by atoms with E-state index in [0.29, 0.717) is 11.2 Å². The number of pyridine rings is 1. The Bertz CT molecular complexity index is 392. The first-order chi connectivity index (χ1) is 8.72. The fourth-order valence-electron chi connectivity index (χ4n) is 2.87. The molecule has 1 saturated heterocycles. The summed E-state index contributed by atoms with van der Waals surface area (Å²) in [7, 11) is 0. The molecule has 1 aromatic heterocycles. The van der Waals surface area contributed by atoms with Gasteiger partial charge >= 0.3 is 0 Å². The summed E-state index contributed by atoms with van der Waals surface area (Å²) in [5, 5.41) is 0.604. The number of aromatic nitrogens is 1. The lowest BCUT2D eigenvalue weighted by Gasteiger charge is -2.36. The number of aryl methyl sites for hydroxylation is 1. The summed E-state index contributed by atoms with van der Waals surface area (Å²) in [6.45, 7) is 6.78. The average molecular weight is 267 g/mol. The molecular formula is C15H23ClN2. The van der Waals surface area contributed by atoms with Crippen LogP contribution in [0.25, 0.3) is 0 Å². The molecule has 0 amide bonds. The van der Waals surface area contributed by atoms with E-state index >= 15 is 0 Å². The highest BCUT2D eigenvalue weighted by molar-refractivity contribution is 6.29. The SMILES string of the molecule is CCCCN1CCCC[C@@H]1c1ccc(Cl)nc1C. The van der Waals surface area contributed by atoms with Crippen molar-refractivity contribution in [1.29, 1.82) is 0 Å². The van der Waals surface area contributed by atoms with Crippen molar-refractivity contribution in [2.24, 2.45) is 0 Å². The van der Waals surface area contributed by atoms with Gasteiger partial charge in [-0.05, 0) is 50.9 Å². The zero-order valence-corrected chi connectivity index (χ0v) is 12.2. The number of halogens is 1. The van der Waals surface area contributed by atoms with Crippen molar-refractivity contribution in [3.63, 3.8) is 0 Å². The van der Waals surface area contributed by atoms with Crippen LogP contribution in [-0.4, -0.2) is 23.0 Å². The first-order valence-electron chi connectivity index (χ1n) is 7.09. The number of piperidine rings is 1. The number of rotatable bonds is 4. The van der Waals surface area contributed by atoms with Crippen LogP contribution in [0.2, 0.25) is 5.15 Å². The van der Waals surface area contributed by atoms with Crippen molar-refractivity contribution in [3.05, 3.63) is 28.5 Å². The number of unbranched alkanes of at least 4 members (excludes halogenated alkanes) is 1. The van der Waals surface area contributed by atoms with Gasteiger partial charge in [0.05, 0.1) is 0 Å². The van der Waals surface area contributed by atoms with Gasteiger partial charge in [0.1, 0.15) is 5.15 Å². The van der Waals surface area contributed by atoms with Crippen LogP contribution in [0, 0.1) is 6.92 Å². The Balaban J connectivity index is 2.16. The molecule has 1 aromatic rings. The molecule has 0 radical (unpaired) electrons. The molecule has 18 heavy (non-hydrogen) atoms. The van der Waals surface area contributed by atoms with E-state index in [2.05, 4.69) is 29.8 Å². The summed E-state index contributed by atoms with van der Waals surface area (Å²) in [5.41, 5.74) is 2.46. The van der Waals surface area contributed by atoms with E-state index in [1.165, 1.54) is 50.8 Å². The Hall–Kier alpha value is -0.600. The minimum absolute atomic E-state index is 0.551. The zero-order chi connectivity index (χ0) is 13.0. The molecule has 0 N–H and O–H groups in total. The number of nitrogens with zero attached hydrogens (tertiary/aromatic N) is 2.